The van der Waals surface area contributed by atoms with Gasteiger partial charge in [0, 0.05) is 19.7 Å². The minimum atomic E-state index is -0.133. The Morgan fingerprint density at radius 1 is 1.29 bits per heavy atom. The average Bonchev–Trinajstić information content (AvgIpc) is 3.26. The highest BCUT2D eigenvalue weighted by atomic mass is 16.5. The molecular formula is C18H22N2O4. The van der Waals surface area contributed by atoms with E-state index in [0.717, 1.165) is 12.8 Å². The molecular weight excluding hydrogens is 308 g/mol. The van der Waals surface area contributed by atoms with Gasteiger partial charge in [0.25, 0.3) is 5.91 Å². The van der Waals surface area contributed by atoms with Crippen LogP contribution in [-0.2, 0) is 15.9 Å². The summed E-state index contributed by atoms with van der Waals surface area (Å²) in [5.74, 6) is 0.136. The van der Waals surface area contributed by atoms with Crippen molar-refractivity contribution in [3.05, 3.63) is 53.9 Å². The molecule has 6 nitrogen and oxygen atoms in total. The maximum Gasteiger partial charge on any atom is 0.292 e. The van der Waals surface area contributed by atoms with Crippen molar-refractivity contribution in [1.82, 2.24) is 10.1 Å². The van der Waals surface area contributed by atoms with Gasteiger partial charge in [-0.25, -0.2) is 0 Å². The second kappa shape index (κ2) is 8.08. The van der Waals surface area contributed by atoms with Gasteiger partial charge in [0.2, 0.25) is 5.76 Å². The lowest BCUT2D eigenvalue weighted by Crippen LogP contribution is -2.42. The second-order valence-corrected chi connectivity index (χ2v) is 5.82. The number of methoxy groups -OCH3 is 1. The van der Waals surface area contributed by atoms with E-state index in [9.17, 15) is 4.79 Å². The van der Waals surface area contributed by atoms with E-state index in [1.807, 2.05) is 23.1 Å². The van der Waals surface area contributed by atoms with E-state index in [0.29, 0.717) is 19.8 Å². The molecule has 0 unspecified atom stereocenters. The monoisotopic (exact) mass is 330 g/mol. The van der Waals surface area contributed by atoms with Crippen molar-refractivity contribution in [3.63, 3.8) is 0 Å². The lowest BCUT2D eigenvalue weighted by atomic mass is 10.0. The number of amides is 1. The zero-order valence-corrected chi connectivity index (χ0v) is 13.8. The molecule has 1 saturated heterocycles. The number of carbonyl (C=O) groups is 1. The Bertz CT molecular complexity index is 630. The Balaban J connectivity index is 1.75. The lowest BCUT2D eigenvalue weighted by molar-refractivity contribution is 0.000000115. The van der Waals surface area contributed by atoms with Crippen molar-refractivity contribution >= 4 is 5.91 Å². The molecule has 1 aliphatic rings. The van der Waals surface area contributed by atoms with E-state index in [1.54, 1.807) is 13.2 Å². The number of hydrogen-bond donors (Lipinski definition) is 0. The fraction of sp³-hybridized carbons (Fsp3) is 0.444. The first-order valence-electron chi connectivity index (χ1n) is 8.15. The Morgan fingerprint density at radius 3 is 2.83 bits per heavy atom. The van der Waals surface area contributed by atoms with Crippen molar-refractivity contribution in [2.45, 2.75) is 25.0 Å². The highest BCUT2D eigenvalue weighted by molar-refractivity contribution is 5.91. The number of aromatic nitrogens is 1. The summed E-state index contributed by atoms with van der Waals surface area (Å²) in [6.07, 6.45) is 3.04. The molecule has 128 valence electrons. The molecule has 1 amide bonds. The third-order valence-corrected chi connectivity index (χ3v) is 4.30. The quantitative estimate of drug-likeness (QED) is 0.728. The van der Waals surface area contributed by atoms with Crippen molar-refractivity contribution in [3.8, 4) is 0 Å². The van der Waals surface area contributed by atoms with Crippen molar-refractivity contribution in [1.29, 1.82) is 0 Å². The molecule has 1 aromatic carbocycles. The van der Waals surface area contributed by atoms with E-state index < -0.39 is 0 Å². The van der Waals surface area contributed by atoms with Crippen LogP contribution in [0.5, 0.6) is 0 Å². The standard InChI is InChI=1S/C18H22N2O4/c1-22-11-12-23-16-8-10-20(18(21)17-7-9-19-24-17)15(16)13-14-5-3-2-4-6-14/h2-7,9,15-16H,8,10-13H2,1H3/t15-,16-/m1/s1. The molecule has 0 saturated carbocycles. The van der Waals surface area contributed by atoms with Gasteiger partial charge in [-0.3, -0.25) is 4.79 Å². The SMILES string of the molecule is COCCO[C@@H]1CCN(C(=O)c2ccno2)[C@@H]1Cc1ccccc1. The molecule has 6 heteroatoms. The van der Waals surface area contributed by atoms with Crippen LogP contribution in [0.1, 0.15) is 22.5 Å². The number of carbonyl (C=O) groups excluding carboxylic acids is 1. The van der Waals surface area contributed by atoms with Crippen LogP contribution in [0.15, 0.2) is 47.1 Å². The van der Waals surface area contributed by atoms with Gasteiger partial charge in [-0.2, -0.15) is 0 Å². The average molecular weight is 330 g/mol. The van der Waals surface area contributed by atoms with Crippen LogP contribution in [0, 0.1) is 0 Å². The molecule has 2 aromatic rings. The van der Waals surface area contributed by atoms with Gasteiger partial charge in [0.1, 0.15) is 0 Å². The van der Waals surface area contributed by atoms with E-state index in [1.165, 1.54) is 11.8 Å². The number of nitrogens with zero attached hydrogens (tertiary/aromatic N) is 2. The number of hydrogen-bond acceptors (Lipinski definition) is 5. The van der Waals surface area contributed by atoms with Gasteiger partial charge in [0.15, 0.2) is 0 Å². The van der Waals surface area contributed by atoms with Gasteiger partial charge < -0.3 is 18.9 Å². The zero-order valence-electron chi connectivity index (χ0n) is 13.8. The van der Waals surface area contributed by atoms with Crippen LogP contribution in [-0.4, -0.2) is 55.0 Å². The third kappa shape index (κ3) is 3.83. The topological polar surface area (TPSA) is 64.8 Å². The maximum atomic E-state index is 12.7. The van der Waals surface area contributed by atoms with Gasteiger partial charge >= 0.3 is 0 Å². The molecule has 0 radical (unpaired) electrons. The Kier molecular flexibility index (Phi) is 5.61. The van der Waals surface area contributed by atoms with Crippen LogP contribution in [0.2, 0.25) is 0 Å². The lowest BCUT2D eigenvalue weighted by Gasteiger charge is -2.27. The summed E-state index contributed by atoms with van der Waals surface area (Å²) in [4.78, 5) is 14.5. The van der Waals surface area contributed by atoms with Crippen molar-refractivity contribution in [2.75, 3.05) is 26.9 Å². The first kappa shape index (κ1) is 16.7. The highest BCUT2D eigenvalue weighted by Crippen LogP contribution is 2.26. The molecule has 3 rings (SSSR count). The molecule has 0 bridgehead atoms. The predicted molar refractivity (Wildman–Crippen MR) is 87.7 cm³/mol. The molecule has 1 aliphatic heterocycles. The largest absolute Gasteiger partial charge is 0.382 e. The number of ether oxygens (including phenoxy) is 2. The minimum absolute atomic E-state index is 0.00720. The summed E-state index contributed by atoms with van der Waals surface area (Å²) in [6, 6.07) is 11.7. The smallest absolute Gasteiger partial charge is 0.292 e. The molecule has 2 atom stereocenters. The fourth-order valence-corrected chi connectivity index (χ4v) is 3.12. The molecule has 1 aromatic heterocycles. The highest BCUT2D eigenvalue weighted by Gasteiger charge is 2.39. The summed E-state index contributed by atoms with van der Waals surface area (Å²) >= 11 is 0. The normalized spacial score (nSPS) is 20.5. The first-order valence-corrected chi connectivity index (χ1v) is 8.15. The Hall–Kier alpha value is -2.18. The molecule has 0 aliphatic carbocycles. The van der Waals surface area contributed by atoms with Gasteiger partial charge in [-0.05, 0) is 18.4 Å². The molecule has 0 N–H and O–H groups in total. The van der Waals surface area contributed by atoms with Crippen LogP contribution in [0.4, 0.5) is 0 Å². The van der Waals surface area contributed by atoms with Gasteiger partial charge in [-0.1, -0.05) is 35.5 Å². The van der Waals surface area contributed by atoms with E-state index in [2.05, 4.69) is 17.3 Å². The predicted octanol–water partition coefficient (Wildman–Crippen LogP) is 2.16. The summed E-state index contributed by atoms with van der Waals surface area (Å²) in [7, 11) is 1.65. The van der Waals surface area contributed by atoms with Gasteiger partial charge in [-0.15, -0.1) is 0 Å². The van der Waals surface area contributed by atoms with E-state index in [4.69, 9.17) is 14.0 Å². The Morgan fingerprint density at radius 2 is 2.12 bits per heavy atom. The second-order valence-electron chi connectivity index (χ2n) is 5.82. The van der Waals surface area contributed by atoms with Crippen LogP contribution in [0.3, 0.4) is 0 Å². The van der Waals surface area contributed by atoms with E-state index >= 15 is 0 Å². The molecule has 24 heavy (non-hydrogen) atoms. The molecule has 1 fully saturated rings. The Labute approximate surface area is 141 Å². The number of benzene rings is 1. The van der Waals surface area contributed by atoms with Crippen LogP contribution < -0.4 is 0 Å². The van der Waals surface area contributed by atoms with E-state index in [-0.39, 0.29) is 23.8 Å². The third-order valence-electron chi connectivity index (χ3n) is 4.30. The maximum absolute atomic E-state index is 12.7. The van der Waals surface area contributed by atoms with Crippen LogP contribution >= 0.6 is 0 Å². The first-order chi connectivity index (χ1) is 11.8. The summed E-state index contributed by atoms with van der Waals surface area (Å²) in [5.41, 5.74) is 1.18. The minimum Gasteiger partial charge on any atom is -0.382 e. The van der Waals surface area contributed by atoms with Crippen molar-refractivity contribution < 1.29 is 18.8 Å². The molecule has 2 heterocycles. The summed E-state index contributed by atoms with van der Waals surface area (Å²) in [6.45, 7) is 1.72. The number of rotatable bonds is 7. The fourth-order valence-electron chi connectivity index (χ4n) is 3.12. The summed E-state index contributed by atoms with van der Waals surface area (Å²) < 4.78 is 16.1. The van der Waals surface area contributed by atoms with Crippen molar-refractivity contribution in [2.24, 2.45) is 0 Å². The molecule has 0 spiro atoms. The number of likely N-dealkylation sites (tertiary alicyclic amines) is 1. The zero-order chi connectivity index (χ0) is 16.8. The van der Waals surface area contributed by atoms with Gasteiger partial charge in [0.05, 0.1) is 31.6 Å². The summed E-state index contributed by atoms with van der Waals surface area (Å²) in [5, 5.41) is 3.63. The van der Waals surface area contributed by atoms with Crippen LogP contribution in [0.25, 0.3) is 0 Å².